The van der Waals surface area contributed by atoms with Crippen molar-refractivity contribution in [2.75, 3.05) is 72.7 Å². The van der Waals surface area contributed by atoms with Gasteiger partial charge in [-0.2, -0.15) is 0 Å². The number of ether oxygens (including phenoxy) is 2. The van der Waals surface area contributed by atoms with Gasteiger partial charge in [-0.05, 0) is 27.8 Å². The first-order valence-corrected chi connectivity index (χ1v) is 9.16. The fourth-order valence-electron chi connectivity index (χ4n) is 3.08. The number of hydrogen-bond donors (Lipinski definition) is 2. The van der Waals surface area contributed by atoms with E-state index < -0.39 is 0 Å². The second-order valence-corrected chi connectivity index (χ2v) is 7.24. The van der Waals surface area contributed by atoms with Gasteiger partial charge >= 0.3 is 0 Å². The first-order chi connectivity index (χ1) is 11.5. The highest BCUT2D eigenvalue weighted by atomic mass is 127. The zero-order valence-corrected chi connectivity index (χ0v) is 18.5. The fraction of sp³-hybridized carbons (Fsp3) is 0.941. The molecule has 2 aliphatic heterocycles. The molecule has 7 nitrogen and oxygen atoms in total. The third kappa shape index (κ3) is 7.94. The van der Waals surface area contributed by atoms with Gasteiger partial charge in [0.15, 0.2) is 5.96 Å². The van der Waals surface area contributed by atoms with Gasteiger partial charge in [-0.3, -0.25) is 9.89 Å². The van der Waals surface area contributed by atoms with Crippen molar-refractivity contribution in [3.8, 4) is 0 Å². The first-order valence-electron chi connectivity index (χ1n) is 9.16. The summed E-state index contributed by atoms with van der Waals surface area (Å²) in [6.07, 6.45) is 0.222. The van der Waals surface area contributed by atoms with E-state index in [0.29, 0.717) is 0 Å². The number of halogens is 1. The lowest BCUT2D eigenvalue weighted by atomic mass is 10.0. The molecule has 2 heterocycles. The fourth-order valence-corrected chi connectivity index (χ4v) is 3.08. The van der Waals surface area contributed by atoms with Crippen LogP contribution in [0, 0.1) is 0 Å². The van der Waals surface area contributed by atoms with Crippen molar-refractivity contribution in [1.82, 2.24) is 20.4 Å². The van der Waals surface area contributed by atoms with Crippen LogP contribution >= 0.6 is 24.0 Å². The van der Waals surface area contributed by atoms with Gasteiger partial charge in [-0.25, -0.2) is 0 Å². The highest BCUT2D eigenvalue weighted by Crippen LogP contribution is 2.16. The quantitative estimate of drug-likeness (QED) is 0.338. The number of morpholine rings is 2. The van der Waals surface area contributed by atoms with Gasteiger partial charge in [-0.1, -0.05) is 0 Å². The Labute approximate surface area is 169 Å². The zero-order valence-electron chi connectivity index (χ0n) is 16.2. The SMILES string of the molecule is CCNC(=NCC(C)(C)N1CCOCC1)NCC1CN(C)CCO1.I. The maximum atomic E-state index is 5.81. The standard InChI is InChI=1S/C17H35N5O2.HI/c1-5-18-16(19-12-15-13-21(4)6-11-24-15)20-14-17(2,3)22-7-9-23-10-8-22;/h15H,5-14H2,1-4H3,(H2,18,19,20);1H. The van der Waals surface area contributed by atoms with Crippen molar-refractivity contribution >= 4 is 29.9 Å². The molecule has 0 radical (unpaired) electrons. The van der Waals surface area contributed by atoms with Crippen molar-refractivity contribution in [3.05, 3.63) is 0 Å². The van der Waals surface area contributed by atoms with Gasteiger partial charge < -0.3 is 25.0 Å². The number of aliphatic imine (C=N–C) groups is 1. The van der Waals surface area contributed by atoms with E-state index in [1.807, 2.05) is 0 Å². The second kappa shape index (κ2) is 11.5. The van der Waals surface area contributed by atoms with Crippen molar-refractivity contribution < 1.29 is 9.47 Å². The third-order valence-electron chi connectivity index (χ3n) is 4.67. The zero-order chi connectivity index (χ0) is 17.4. The number of hydrogen-bond acceptors (Lipinski definition) is 5. The van der Waals surface area contributed by atoms with E-state index in [1.54, 1.807) is 0 Å². The largest absolute Gasteiger partial charge is 0.379 e. The lowest BCUT2D eigenvalue weighted by Gasteiger charge is -2.40. The molecule has 8 heteroatoms. The monoisotopic (exact) mass is 469 g/mol. The third-order valence-corrected chi connectivity index (χ3v) is 4.67. The van der Waals surface area contributed by atoms with E-state index in [1.165, 1.54) is 0 Å². The van der Waals surface area contributed by atoms with E-state index in [9.17, 15) is 0 Å². The van der Waals surface area contributed by atoms with Gasteiger partial charge in [0.2, 0.25) is 0 Å². The van der Waals surface area contributed by atoms with Crippen LogP contribution in [0.5, 0.6) is 0 Å². The summed E-state index contributed by atoms with van der Waals surface area (Å²) in [5.74, 6) is 0.871. The minimum Gasteiger partial charge on any atom is -0.379 e. The molecule has 0 aromatic rings. The molecule has 2 rings (SSSR count). The molecular formula is C17H36IN5O2. The molecular weight excluding hydrogens is 433 g/mol. The molecule has 0 aromatic carbocycles. The van der Waals surface area contributed by atoms with Gasteiger partial charge in [0.1, 0.15) is 0 Å². The van der Waals surface area contributed by atoms with Gasteiger partial charge in [-0.15, -0.1) is 24.0 Å². The lowest BCUT2D eigenvalue weighted by molar-refractivity contribution is -0.0161. The van der Waals surface area contributed by atoms with E-state index in [4.69, 9.17) is 14.5 Å². The van der Waals surface area contributed by atoms with Crippen molar-refractivity contribution in [2.45, 2.75) is 32.4 Å². The average molecular weight is 469 g/mol. The first kappa shape index (κ1) is 22.9. The van der Waals surface area contributed by atoms with E-state index in [-0.39, 0.29) is 35.6 Å². The minimum atomic E-state index is 0. The molecule has 0 amide bonds. The summed E-state index contributed by atoms with van der Waals surface area (Å²) < 4.78 is 11.3. The summed E-state index contributed by atoms with van der Waals surface area (Å²) in [5, 5.41) is 6.77. The molecule has 0 aliphatic carbocycles. The van der Waals surface area contributed by atoms with Crippen molar-refractivity contribution in [1.29, 1.82) is 0 Å². The van der Waals surface area contributed by atoms with Crippen LogP contribution in [-0.4, -0.2) is 100 Å². The Morgan fingerprint density at radius 2 is 1.88 bits per heavy atom. The Bertz CT molecular complexity index is 402. The van der Waals surface area contributed by atoms with Crippen LogP contribution in [-0.2, 0) is 9.47 Å². The predicted molar refractivity (Wildman–Crippen MR) is 113 cm³/mol. The van der Waals surface area contributed by atoms with Crippen LogP contribution in [0.2, 0.25) is 0 Å². The summed E-state index contributed by atoms with van der Waals surface area (Å²) in [6, 6.07) is 0. The highest BCUT2D eigenvalue weighted by molar-refractivity contribution is 14.0. The molecule has 1 atom stereocenters. The maximum Gasteiger partial charge on any atom is 0.191 e. The second-order valence-electron chi connectivity index (χ2n) is 7.24. The van der Waals surface area contributed by atoms with Crippen LogP contribution in [0.4, 0.5) is 0 Å². The predicted octanol–water partition coefficient (Wildman–Crippen LogP) is 0.601. The molecule has 0 saturated carbocycles. The Kier molecular flexibility index (Phi) is 10.6. The molecule has 25 heavy (non-hydrogen) atoms. The van der Waals surface area contributed by atoms with E-state index >= 15 is 0 Å². The Morgan fingerprint density at radius 1 is 1.16 bits per heavy atom. The van der Waals surface area contributed by atoms with Crippen molar-refractivity contribution in [3.63, 3.8) is 0 Å². The molecule has 1 unspecified atom stereocenters. The molecule has 0 spiro atoms. The van der Waals surface area contributed by atoms with E-state index in [2.05, 4.69) is 48.3 Å². The highest BCUT2D eigenvalue weighted by Gasteiger charge is 2.28. The topological polar surface area (TPSA) is 61.4 Å². The normalized spacial score (nSPS) is 23.8. The van der Waals surface area contributed by atoms with E-state index in [0.717, 1.165) is 71.6 Å². The molecule has 2 fully saturated rings. The number of guanidine groups is 1. The lowest BCUT2D eigenvalue weighted by Crippen LogP contribution is -2.52. The summed E-state index contributed by atoms with van der Waals surface area (Å²) in [6.45, 7) is 15.4. The molecule has 2 aliphatic rings. The number of nitrogens with one attached hydrogen (secondary N) is 2. The van der Waals surface area contributed by atoms with Crippen LogP contribution < -0.4 is 10.6 Å². The minimum absolute atomic E-state index is 0. The Hall–Kier alpha value is -0.160. The summed E-state index contributed by atoms with van der Waals surface area (Å²) >= 11 is 0. The van der Waals surface area contributed by atoms with Crippen LogP contribution in [0.25, 0.3) is 0 Å². The molecule has 0 aromatic heterocycles. The smallest absolute Gasteiger partial charge is 0.191 e. The Morgan fingerprint density at radius 3 is 2.52 bits per heavy atom. The van der Waals surface area contributed by atoms with Gasteiger partial charge in [0.25, 0.3) is 0 Å². The molecule has 2 N–H and O–H groups in total. The van der Waals surface area contributed by atoms with Gasteiger partial charge in [0.05, 0.1) is 32.5 Å². The molecule has 148 valence electrons. The maximum absolute atomic E-state index is 5.81. The van der Waals surface area contributed by atoms with Crippen LogP contribution in [0.3, 0.4) is 0 Å². The van der Waals surface area contributed by atoms with Crippen LogP contribution in [0.15, 0.2) is 4.99 Å². The number of likely N-dealkylation sites (N-methyl/N-ethyl adjacent to an activating group) is 1. The summed E-state index contributed by atoms with van der Waals surface area (Å²) in [5.41, 5.74) is 0.0354. The number of nitrogens with zero attached hydrogens (tertiary/aromatic N) is 3. The van der Waals surface area contributed by atoms with Gasteiger partial charge in [0, 0.05) is 44.8 Å². The molecule has 0 bridgehead atoms. The summed E-state index contributed by atoms with van der Waals surface area (Å²) in [7, 11) is 2.14. The Balaban J connectivity index is 0.00000312. The van der Waals surface area contributed by atoms with Crippen LogP contribution in [0.1, 0.15) is 20.8 Å². The summed E-state index contributed by atoms with van der Waals surface area (Å²) in [4.78, 5) is 9.57. The molecule has 2 saturated heterocycles. The number of rotatable bonds is 6. The average Bonchev–Trinajstić information content (AvgIpc) is 2.58. The van der Waals surface area contributed by atoms with Crippen molar-refractivity contribution in [2.24, 2.45) is 4.99 Å².